The van der Waals surface area contributed by atoms with E-state index in [-0.39, 0.29) is 22.5 Å². The Hall–Kier alpha value is -2.17. The maximum absolute atomic E-state index is 12.6. The van der Waals surface area contributed by atoms with Crippen LogP contribution < -0.4 is 10.1 Å². The van der Waals surface area contributed by atoms with Crippen LogP contribution >= 0.6 is 24.0 Å². The summed E-state index contributed by atoms with van der Waals surface area (Å²) < 4.78 is 28.2. The molecule has 7 nitrogen and oxygen atoms in total. The zero-order valence-corrected chi connectivity index (χ0v) is 16.7. The number of amides is 2. The highest BCUT2D eigenvalue weighted by atomic mass is 32.2. The van der Waals surface area contributed by atoms with Gasteiger partial charge in [0, 0.05) is 5.41 Å². The van der Waals surface area contributed by atoms with Crippen LogP contribution in [-0.4, -0.2) is 54.9 Å². The third-order valence-corrected chi connectivity index (χ3v) is 6.64. The van der Waals surface area contributed by atoms with Crippen LogP contribution in [0.5, 0.6) is 5.75 Å². The standard InChI is InChI=1S/C17H16N2O5S3/c1-24-13-4-2-11(3-5-13)8-14-16(21)19(17(25)26-14)9-15(20)18-12-6-7-27(22,23)10-12/h2-8,12H,9-10H2,1H3,(H,18,20)/b14-8+/t12-/m1/s1. The molecule has 0 aromatic heterocycles. The molecule has 0 aliphatic carbocycles. The van der Waals surface area contributed by atoms with Gasteiger partial charge in [0.05, 0.1) is 23.8 Å². The molecule has 2 aliphatic heterocycles. The zero-order valence-electron chi connectivity index (χ0n) is 14.2. The van der Waals surface area contributed by atoms with Crippen molar-refractivity contribution in [3.8, 4) is 5.75 Å². The van der Waals surface area contributed by atoms with Gasteiger partial charge < -0.3 is 10.1 Å². The highest BCUT2D eigenvalue weighted by Gasteiger charge is 2.34. The van der Waals surface area contributed by atoms with Gasteiger partial charge in [-0.25, -0.2) is 8.42 Å². The zero-order chi connectivity index (χ0) is 19.6. The van der Waals surface area contributed by atoms with Crippen molar-refractivity contribution in [2.24, 2.45) is 0 Å². The second-order valence-electron chi connectivity index (χ2n) is 5.87. The molecule has 1 aromatic rings. The summed E-state index contributed by atoms with van der Waals surface area (Å²) in [5.41, 5.74) is 0.807. The maximum atomic E-state index is 12.6. The minimum Gasteiger partial charge on any atom is -0.497 e. The first-order chi connectivity index (χ1) is 12.8. The number of benzene rings is 1. The summed E-state index contributed by atoms with van der Waals surface area (Å²) in [4.78, 5) is 26.3. The van der Waals surface area contributed by atoms with E-state index in [0.29, 0.717) is 10.7 Å². The number of methoxy groups -OCH3 is 1. The molecule has 2 amide bonds. The second kappa shape index (κ2) is 7.83. The van der Waals surface area contributed by atoms with Gasteiger partial charge in [-0.15, -0.1) is 0 Å². The van der Waals surface area contributed by atoms with E-state index < -0.39 is 21.8 Å². The molecule has 1 aromatic carbocycles. The number of thioether (sulfide) groups is 1. The minimum absolute atomic E-state index is 0.172. The largest absolute Gasteiger partial charge is 0.497 e. The van der Waals surface area contributed by atoms with E-state index in [1.807, 2.05) is 12.1 Å². The first-order valence-electron chi connectivity index (χ1n) is 7.87. The normalized spacial score (nSPS) is 22.5. The fourth-order valence-corrected chi connectivity index (χ4v) is 5.04. The average molecular weight is 425 g/mol. The Morgan fingerprint density at radius 1 is 1.41 bits per heavy atom. The molecule has 10 heteroatoms. The minimum atomic E-state index is -3.26. The Morgan fingerprint density at radius 2 is 2.11 bits per heavy atom. The van der Waals surface area contributed by atoms with Crippen molar-refractivity contribution in [2.45, 2.75) is 6.04 Å². The van der Waals surface area contributed by atoms with Crippen molar-refractivity contribution in [3.63, 3.8) is 0 Å². The molecule has 0 radical (unpaired) electrons. The molecule has 2 aliphatic rings. The van der Waals surface area contributed by atoms with E-state index in [1.165, 1.54) is 11.0 Å². The molecule has 0 bridgehead atoms. The number of nitrogens with zero attached hydrogens (tertiary/aromatic N) is 1. The Kier molecular flexibility index (Phi) is 5.68. The molecule has 0 unspecified atom stereocenters. The lowest BCUT2D eigenvalue weighted by molar-refractivity contribution is -0.128. The van der Waals surface area contributed by atoms with Crippen molar-refractivity contribution in [2.75, 3.05) is 19.4 Å². The number of rotatable bonds is 5. The number of nitrogens with one attached hydrogen (secondary N) is 1. The summed E-state index contributed by atoms with van der Waals surface area (Å²) in [5, 5.41) is 3.66. The second-order valence-corrected chi connectivity index (χ2v) is 9.48. The SMILES string of the molecule is COc1ccc(/C=C2/SC(=S)N(CC(=O)N[C@@H]3C=CS(=O)(=O)C3)C2=O)cc1. The Balaban J connectivity index is 1.64. The molecule has 1 N–H and O–H groups in total. The van der Waals surface area contributed by atoms with Gasteiger partial charge in [0.15, 0.2) is 9.84 Å². The lowest BCUT2D eigenvalue weighted by atomic mass is 10.2. The van der Waals surface area contributed by atoms with Crippen LogP contribution in [0.2, 0.25) is 0 Å². The number of sulfone groups is 1. The molecule has 1 atom stereocenters. The quantitative estimate of drug-likeness (QED) is 0.563. The summed E-state index contributed by atoms with van der Waals surface area (Å²) in [6.07, 6.45) is 3.12. The van der Waals surface area contributed by atoms with Crippen LogP contribution in [0.1, 0.15) is 5.56 Å². The number of hydrogen-bond donors (Lipinski definition) is 1. The van der Waals surface area contributed by atoms with Crippen LogP contribution in [0, 0.1) is 0 Å². The molecule has 142 valence electrons. The van der Waals surface area contributed by atoms with Crippen molar-refractivity contribution in [1.29, 1.82) is 0 Å². The third-order valence-electron chi connectivity index (χ3n) is 3.87. The molecule has 0 saturated carbocycles. The Bertz CT molecular complexity index is 951. The third kappa shape index (κ3) is 4.76. The van der Waals surface area contributed by atoms with Crippen molar-refractivity contribution < 1.29 is 22.7 Å². The van der Waals surface area contributed by atoms with Crippen LogP contribution in [0.15, 0.2) is 40.7 Å². The lowest BCUT2D eigenvalue weighted by Gasteiger charge is -2.16. The van der Waals surface area contributed by atoms with Gasteiger partial charge in [0.25, 0.3) is 5.91 Å². The number of ether oxygens (including phenoxy) is 1. The monoisotopic (exact) mass is 424 g/mol. The van der Waals surface area contributed by atoms with Crippen molar-refractivity contribution >= 4 is 56.0 Å². The van der Waals surface area contributed by atoms with Gasteiger partial charge in [-0.05, 0) is 29.8 Å². The fourth-order valence-electron chi connectivity index (χ4n) is 2.55. The van der Waals surface area contributed by atoms with Gasteiger partial charge >= 0.3 is 0 Å². The van der Waals surface area contributed by atoms with Crippen LogP contribution in [0.3, 0.4) is 0 Å². The summed E-state index contributed by atoms with van der Waals surface area (Å²) >= 11 is 6.32. The van der Waals surface area contributed by atoms with Crippen molar-refractivity contribution in [1.82, 2.24) is 10.2 Å². The maximum Gasteiger partial charge on any atom is 0.266 e. The number of thiocarbonyl (C=S) groups is 1. The summed E-state index contributed by atoms with van der Waals surface area (Å²) in [7, 11) is -1.69. The smallest absolute Gasteiger partial charge is 0.266 e. The molecule has 1 fully saturated rings. The van der Waals surface area contributed by atoms with E-state index in [1.54, 1.807) is 25.3 Å². The van der Waals surface area contributed by atoms with Gasteiger partial charge in [-0.3, -0.25) is 14.5 Å². The topological polar surface area (TPSA) is 92.8 Å². The van der Waals surface area contributed by atoms with Crippen molar-refractivity contribution in [3.05, 3.63) is 46.2 Å². The van der Waals surface area contributed by atoms with Gasteiger partial charge in [0.2, 0.25) is 5.91 Å². The van der Waals surface area contributed by atoms with Gasteiger partial charge in [-0.2, -0.15) is 0 Å². The summed E-state index contributed by atoms with van der Waals surface area (Å²) in [5.74, 6) is -0.289. The number of carbonyl (C=O) groups is 2. The Labute approximate surface area is 166 Å². The first kappa shape index (κ1) is 19.6. The lowest BCUT2D eigenvalue weighted by Crippen LogP contribution is -2.43. The van der Waals surface area contributed by atoms with E-state index in [2.05, 4.69) is 5.32 Å². The number of carbonyl (C=O) groups excluding carboxylic acids is 2. The van der Waals surface area contributed by atoms with Crippen LogP contribution in [0.25, 0.3) is 6.08 Å². The van der Waals surface area contributed by atoms with Gasteiger partial charge in [0.1, 0.15) is 16.6 Å². The van der Waals surface area contributed by atoms with E-state index in [9.17, 15) is 18.0 Å². The van der Waals surface area contributed by atoms with E-state index >= 15 is 0 Å². The average Bonchev–Trinajstić information content (AvgIpc) is 3.09. The molecule has 1 saturated heterocycles. The molecule has 2 heterocycles. The number of hydrogen-bond acceptors (Lipinski definition) is 7. The van der Waals surface area contributed by atoms with E-state index in [0.717, 1.165) is 22.7 Å². The summed E-state index contributed by atoms with van der Waals surface area (Å²) in [6.45, 7) is -0.255. The fraction of sp³-hybridized carbons (Fsp3) is 0.235. The van der Waals surface area contributed by atoms with Crippen LogP contribution in [0.4, 0.5) is 0 Å². The first-order valence-corrected chi connectivity index (χ1v) is 10.8. The Morgan fingerprint density at radius 3 is 2.70 bits per heavy atom. The predicted octanol–water partition coefficient (Wildman–Crippen LogP) is 1.32. The summed E-state index contributed by atoms with van der Waals surface area (Å²) in [6, 6.07) is 6.60. The van der Waals surface area contributed by atoms with Crippen LogP contribution in [-0.2, 0) is 19.4 Å². The molecular weight excluding hydrogens is 408 g/mol. The van der Waals surface area contributed by atoms with E-state index in [4.69, 9.17) is 17.0 Å². The predicted molar refractivity (Wildman–Crippen MR) is 108 cm³/mol. The molecule has 27 heavy (non-hydrogen) atoms. The molecule has 3 rings (SSSR count). The van der Waals surface area contributed by atoms with Gasteiger partial charge in [-0.1, -0.05) is 36.1 Å². The highest BCUT2D eigenvalue weighted by Crippen LogP contribution is 2.32. The molecular formula is C17H16N2O5S3. The molecule has 0 spiro atoms. The highest BCUT2D eigenvalue weighted by molar-refractivity contribution is 8.26.